The van der Waals surface area contributed by atoms with Gasteiger partial charge in [0, 0.05) is 6.20 Å². The molecule has 3 nitrogen and oxygen atoms in total. The van der Waals surface area contributed by atoms with Crippen molar-refractivity contribution in [1.29, 1.82) is 0 Å². The molecule has 0 aliphatic heterocycles. The van der Waals surface area contributed by atoms with Crippen LogP contribution in [0.2, 0.25) is 0 Å². The average Bonchev–Trinajstić information content (AvgIpc) is 2.26. The van der Waals surface area contributed by atoms with Crippen LogP contribution < -0.4 is 4.74 Å². The Morgan fingerprint density at radius 2 is 1.88 bits per heavy atom. The second-order valence-corrected chi connectivity index (χ2v) is 5.35. The summed E-state index contributed by atoms with van der Waals surface area (Å²) >= 11 is 0. The summed E-state index contributed by atoms with van der Waals surface area (Å²) in [5.41, 5.74) is 2.00. The first-order valence-corrected chi connectivity index (χ1v) is 6.41. The van der Waals surface area contributed by atoms with E-state index in [1.54, 1.807) is 7.11 Å². The molecule has 0 bridgehead atoms. The Morgan fingerprint density at radius 3 is 2.41 bits per heavy atom. The molecule has 1 rings (SSSR count). The molecule has 17 heavy (non-hydrogen) atoms. The molecule has 0 N–H and O–H groups in total. The number of aromatic nitrogens is 2. The highest BCUT2D eigenvalue weighted by Crippen LogP contribution is 2.18. The van der Waals surface area contributed by atoms with Crippen LogP contribution in [0, 0.1) is 11.8 Å². The van der Waals surface area contributed by atoms with Gasteiger partial charge in [0.15, 0.2) is 0 Å². The normalized spacial score (nSPS) is 11.2. The lowest BCUT2D eigenvalue weighted by molar-refractivity contribution is 0.384. The topological polar surface area (TPSA) is 35.0 Å². The molecule has 1 aromatic rings. The molecule has 0 atom stereocenters. The van der Waals surface area contributed by atoms with E-state index in [-0.39, 0.29) is 0 Å². The van der Waals surface area contributed by atoms with Crippen molar-refractivity contribution in [3.05, 3.63) is 17.6 Å². The zero-order chi connectivity index (χ0) is 12.8. The van der Waals surface area contributed by atoms with E-state index >= 15 is 0 Å². The van der Waals surface area contributed by atoms with Crippen molar-refractivity contribution in [3.63, 3.8) is 0 Å². The van der Waals surface area contributed by atoms with Crippen LogP contribution in [-0.4, -0.2) is 17.1 Å². The third-order valence-corrected chi connectivity index (χ3v) is 2.63. The van der Waals surface area contributed by atoms with Gasteiger partial charge in [-0.3, -0.25) is 4.98 Å². The highest BCUT2D eigenvalue weighted by molar-refractivity contribution is 5.20. The van der Waals surface area contributed by atoms with E-state index in [1.807, 2.05) is 6.20 Å². The fourth-order valence-corrected chi connectivity index (χ4v) is 1.71. The summed E-state index contributed by atoms with van der Waals surface area (Å²) < 4.78 is 5.33. The molecule has 0 fully saturated rings. The van der Waals surface area contributed by atoms with Crippen molar-refractivity contribution in [2.75, 3.05) is 7.11 Å². The Balaban J connectivity index is 2.78. The summed E-state index contributed by atoms with van der Waals surface area (Å²) in [6, 6.07) is 0. The highest BCUT2D eigenvalue weighted by atomic mass is 16.5. The summed E-state index contributed by atoms with van der Waals surface area (Å²) in [5, 5.41) is 0. The van der Waals surface area contributed by atoms with Crippen molar-refractivity contribution >= 4 is 0 Å². The Morgan fingerprint density at radius 1 is 1.18 bits per heavy atom. The molecule has 0 saturated heterocycles. The maximum absolute atomic E-state index is 5.33. The molecular weight excluding hydrogens is 212 g/mol. The summed E-state index contributed by atoms with van der Waals surface area (Å²) in [6.07, 6.45) is 4.90. The number of aryl methyl sites for hydroxylation is 1. The van der Waals surface area contributed by atoms with E-state index in [9.17, 15) is 0 Å². The molecule has 1 heterocycles. The third kappa shape index (κ3) is 4.72. The van der Waals surface area contributed by atoms with E-state index in [0.717, 1.165) is 30.7 Å². The van der Waals surface area contributed by atoms with E-state index < -0.39 is 0 Å². The van der Waals surface area contributed by atoms with Gasteiger partial charge in [-0.15, -0.1) is 0 Å². The van der Waals surface area contributed by atoms with Crippen molar-refractivity contribution in [2.45, 2.75) is 47.0 Å². The minimum Gasteiger partial charge on any atom is -0.480 e. The van der Waals surface area contributed by atoms with Gasteiger partial charge in [0.05, 0.1) is 12.8 Å². The molecular formula is C14H24N2O. The predicted molar refractivity (Wildman–Crippen MR) is 70.3 cm³/mol. The second-order valence-electron chi connectivity index (χ2n) is 5.35. The van der Waals surface area contributed by atoms with E-state index in [0.29, 0.717) is 17.7 Å². The molecule has 0 saturated carbocycles. The lowest BCUT2D eigenvalue weighted by Gasteiger charge is -2.10. The van der Waals surface area contributed by atoms with Gasteiger partial charge in [0.2, 0.25) is 5.88 Å². The fraction of sp³-hybridized carbons (Fsp3) is 0.714. The van der Waals surface area contributed by atoms with Crippen LogP contribution >= 0.6 is 0 Å². The summed E-state index contributed by atoms with van der Waals surface area (Å²) in [6.45, 7) is 8.79. The maximum Gasteiger partial charge on any atom is 0.235 e. The fourth-order valence-electron chi connectivity index (χ4n) is 1.71. The van der Waals surface area contributed by atoms with Crippen LogP contribution in [0.4, 0.5) is 0 Å². The molecule has 1 aromatic heterocycles. The van der Waals surface area contributed by atoms with Crippen LogP contribution in [-0.2, 0) is 12.8 Å². The lowest BCUT2D eigenvalue weighted by Crippen LogP contribution is -2.05. The van der Waals surface area contributed by atoms with Gasteiger partial charge >= 0.3 is 0 Å². The molecule has 0 unspecified atom stereocenters. The quantitative estimate of drug-likeness (QED) is 0.760. The monoisotopic (exact) mass is 236 g/mol. The molecule has 0 spiro atoms. The molecule has 0 radical (unpaired) electrons. The van der Waals surface area contributed by atoms with Crippen LogP contribution in [0.5, 0.6) is 5.88 Å². The van der Waals surface area contributed by atoms with Crippen LogP contribution in [0.25, 0.3) is 0 Å². The Bertz CT molecular complexity index is 348. The van der Waals surface area contributed by atoms with Gasteiger partial charge in [0.1, 0.15) is 5.69 Å². The maximum atomic E-state index is 5.33. The molecule has 0 aromatic carbocycles. The zero-order valence-corrected chi connectivity index (χ0v) is 11.7. The molecule has 3 heteroatoms. The van der Waals surface area contributed by atoms with Gasteiger partial charge in [-0.2, -0.15) is 0 Å². The number of nitrogens with zero attached hydrogens (tertiary/aromatic N) is 2. The van der Waals surface area contributed by atoms with Crippen molar-refractivity contribution in [1.82, 2.24) is 9.97 Å². The second kappa shape index (κ2) is 6.58. The van der Waals surface area contributed by atoms with E-state index in [2.05, 4.69) is 37.7 Å². The largest absolute Gasteiger partial charge is 0.480 e. The van der Waals surface area contributed by atoms with Crippen LogP contribution in [0.15, 0.2) is 6.20 Å². The summed E-state index contributed by atoms with van der Waals surface area (Å²) in [4.78, 5) is 9.01. The molecule has 0 amide bonds. The van der Waals surface area contributed by atoms with Gasteiger partial charge in [-0.25, -0.2) is 4.98 Å². The first-order chi connectivity index (χ1) is 8.02. The van der Waals surface area contributed by atoms with Gasteiger partial charge in [-0.1, -0.05) is 27.7 Å². The highest BCUT2D eigenvalue weighted by Gasteiger charge is 2.09. The third-order valence-electron chi connectivity index (χ3n) is 2.63. The van der Waals surface area contributed by atoms with Crippen molar-refractivity contribution in [3.8, 4) is 5.88 Å². The Labute approximate surface area is 105 Å². The number of rotatable bonds is 6. The molecule has 0 aliphatic carbocycles. The Kier molecular flexibility index (Phi) is 5.39. The van der Waals surface area contributed by atoms with Gasteiger partial charge in [-0.05, 0) is 31.1 Å². The van der Waals surface area contributed by atoms with E-state index in [4.69, 9.17) is 4.74 Å². The van der Waals surface area contributed by atoms with Crippen LogP contribution in [0.1, 0.15) is 45.5 Å². The first-order valence-electron chi connectivity index (χ1n) is 6.41. The van der Waals surface area contributed by atoms with Crippen molar-refractivity contribution < 1.29 is 4.74 Å². The number of hydrogen-bond donors (Lipinski definition) is 0. The number of ether oxygens (including phenoxy) is 1. The van der Waals surface area contributed by atoms with Gasteiger partial charge in [0.25, 0.3) is 0 Å². The molecule has 0 aliphatic rings. The smallest absolute Gasteiger partial charge is 0.235 e. The predicted octanol–water partition coefficient (Wildman–Crippen LogP) is 3.27. The summed E-state index contributed by atoms with van der Waals surface area (Å²) in [7, 11) is 1.67. The van der Waals surface area contributed by atoms with Crippen molar-refractivity contribution in [2.24, 2.45) is 11.8 Å². The summed E-state index contributed by atoms with van der Waals surface area (Å²) in [5.74, 6) is 1.97. The zero-order valence-electron chi connectivity index (χ0n) is 11.7. The van der Waals surface area contributed by atoms with Gasteiger partial charge < -0.3 is 4.74 Å². The minimum absolute atomic E-state index is 0.593. The lowest BCUT2D eigenvalue weighted by atomic mass is 10.1. The Hall–Kier alpha value is -1.12. The average molecular weight is 236 g/mol. The minimum atomic E-state index is 0.593. The number of hydrogen-bond acceptors (Lipinski definition) is 3. The van der Waals surface area contributed by atoms with Crippen LogP contribution in [0.3, 0.4) is 0 Å². The molecule has 96 valence electrons. The first kappa shape index (κ1) is 13.9. The number of methoxy groups -OCH3 is 1. The SMILES string of the molecule is COc1nc(CC(C)C)cnc1CCC(C)C. The standard InChI is InChI=1S/C14H24N2O/c1-10(2)6-7-13-14(17-5)16-12(9-15-13)8-11(3)4/h9-11H,6-8H2,1-5H3. The van der Waals surface area contributed by atoms with E-state index in [1.165, 1.54) is 0 Å².